The smallest absolute Gasteiger partial charge is 0.191 e. The lowest BCUT2D eigenvalue weighted by molar-refractivity contribution is 0.106. The van der Waals surface area contributed by atoms with E-state index in [9.17, 15) is 0 Å². The normalized spacial score (nSPS) is 12.3. The van der Waals surface area contributed by atoms with Crippen molar-refractivity contribution in [3.63, 3.8) is 0 Å². The number of halogens is 2. The maximum absolute atomic E-state index is 6.08. The summed E-state index contributed by atoms with van der Waals surface area (Å²) in [5.41, 5.74) is 3.18. The lowest BCUT2D eigenvalue weighted by Crippen LogP contribution is -2.39. The van der Waals surface area contributed by atoms with Crippen LogP contribution in [-0.2, 0) is 11.3 Å². The number of pyridine rings is 1. The quantitative estimate of drug-likeness (QED) is 0.290. The molecule has 148 valence electrons. The highest BCUT2D eigenvalue weighted by atomic mass is 127. The van der Waals surface area contributed by atoms with Gasteiger partial charge in [0.1, 0.15) is 0 Å². The van der Waals surface area contributed by atoms with E-state index in [1.807, 2.05) is 54.7 Å². The number of nitrogens with one attached hydrogen (secondary N) is 2. The van der Waals surface area contributed by atoms with E-state index in [2.05, 4.69) is 26.7 Å². The molecule has 3 rings (SSSR count). The van der Waals surface area contributed by atoms with Crippen LogP contribution in [0.2, 0.25) is 5.02 Å². The standard InChI is InChI=1S/C21H23ClN4O.HI/c1-23-21(26-14-20(27-2)15-6-5-7-17(22)12-15)25-13-16-10-11-24-19-9-4-3-8-18(16)19;/h3-12,20H,13-14H2,1-2H3,(H2,23,25,26);1H. The summed E-state index contributed by atoms with van der Waals surface area (Å²) in [6.45, 7) is 1.23. The monoisotopic (exact) mass is 510 g/mol. The summed E-state index contributed by atoms with van der Waals surface area (Å²) in [5, 5.41) is 8.49. The van der Waals surface area contributed by atoms with Crippen LogP contribution >= 0.6 is 35.6 Å². The molecule has 0 amide bonds. The van der Waals surface area contributed by atoms with Crippen LogP contribution in [0.4, 0.5) is 0 Å². The summed E-state index contributed by atoms with van der Waals surface area (Å²) >= 11 is 6.08. The highest BCUT2D eigenvalue weighted by Gasteiger charge is 2.12. The van der Waals surface area contributed by atoms with E-state index >= 15 is 0 Å². The number of para-hydroxylation sites is 1. The molecule has 0 saturated carbocycles. The van der Waals surface area contributed by atoms with E-state index in [4.69, 9.17) is 16.3 Å². The fourth-order valence-electron chi connectivity index (χ4n) is 2.94. The third-order valence-electron chi connectivity index (χ3n) is 4.37. The molecule has 7 heteroatoms. The first-order valence-corrected chi connectivity index (χ1v) is 9.14. The number of rotatable bonds is 6. The lowest BCUT2D eigenvalue weighted by atomic mass is 10.1. The Kier molecular flexibility index (Phi) is 8.95. The van der Waals surface area contributed by atoms with Gasteiger partial charge in [-0.05, 0) is 35.4 Å². The summed E-state index contributed by atoms with van der Waals surface area (Å²) in [6, 6.07) is 17.8. The maximum Gasteiger partial charge on any atom is 0.191 e. The number of nitrogens with zero attached hydrogens (tertiary/aromatic N) is 2. The lowest BCUT2D eigenvalue weighted by Gasteiger charge is -2.19. The number of benzene rings is 2. The Morgan fingerprint density at radius 1 is 1.14 bits per heavy atom. The van der Waals surface area contributed by atoms with Crippen LogP contribution in [0.5, 0.6) is 0 Å². The number of methoxy groups -OCH3 is 1. The average molecular weight is 511 g/mol. The van der Waals surface area contributed by atoms with Crippen LogP contribution < -0.4 is 10.6 Å². The van der Waals surface area contributed by atoms with Crippen LogP contribution in [0.15, 0.2) is 65.8 Å². The summed E-state index contributed by atoms with van der Waals surface area (Å²) in [6.07, 6.45) is 1.71. The molecule has 1 unspecified atom stereocenters. The number of ether oxygens (including phenoxy) is 1. The molecular formula is C21H24ClIN4O. The minimum atomic E-state index is -0.121. The summed E-state index contributed by atoms with van der Waals surface area (Å²) < 4.78 is 5.59. The first kappa shape index (κ1) is 22.4. The molecule has 1 heterocycles. The van der Waals surface area contributed by atoms with E-state index in [0.717, 1.165) is 16.5 Å². The fourth-order valence-corrected chi connectivity index (χ4v) is 3.14. The SMILES string of the molecule is CN=C(NCc1ccnc2ccccc12)NCC(OC)c1cccc(Cl)c1.I. The molecule has 0 bridgehead atoms. The van der Waals surface area contributed by atoms with E-state index in [-0.39, 0.29) is 30.1 Å². The van der Waals surface area contributed by atoms with Gasteiger partial charge < -0.3 is 15.4 Å². The third-order valence-corrected chi connectivity index (χ3v) is 4.60. The van der Waals surface area contributed by atoms with Crippen molar-refractivity contribution in [2.45, 2.75) is 12.6 Å². The second-order valence-corrected chi connectivity index (χ2v) is 6.51. The Morgan fingerprint density at radius 2 is 1.96 bits per heavy atom. The molecule has 0 saturated heterocycles. The summed E-state index contributed by atoms with van der Waals surface area (Å²) in [4.78, 5) is 8.70. The Hall–Kier alpha value is -1.90. The summed E-state index contributed by atoms with van der Waals surface area (Å²) in [7, 11) is 3.44. The second kappa shape index (κ2) is 11.2. The zero-order valence-electron chi connectivity index (χ0n) is 15.9. The molecule has 0 aliphatic carbocycles. The maximum atomic E-state index is 6.08. The second-order valence-electron chi connectivity index (χ2n) is 6.07. The number of hydrogen-bond acceptors (Lipinski definition) is 3. The Labute approximate surface area is 187 Å². The van der Waals surface area contributed by atoms with Crippen LogP contribution in [0.3, 0.4) is 0 Å². The first-order chi connectivity index (χ1) is 13.2. The molecule has 0 aliphatic heterocycles. The van der Waals surface area contributed by atoms with Gasteiger partial charge >= 0.3 is 0 Å². The number of hydrogen-bond donors (Lipinski definition) is 2. The largest absolute Gasteiger partial charge is 0.375 e. The van der Waals surface area contributed by atoms with Crippen LogP contribution in [0, 0.1) is 0 Å². The first-order valence-electron chi connectivity index (χ1n) is 8.76. The van der Waals surface area contributed by atoms with E-state index in [1.165, 1.54) is 5.56 Å². The van der Waals surface area contributed by atoms with Gasteiger partial charge in [-0.2, -0.15) is 0 Å². The van der Waals surface area contributed by atoms with Crippen molar-refractivity contribution < 1.29 is 4.74 Å². The molecule has 5 nitrogen and oxygen atoms in total. The van der Waals surface area contributed by atoms with Gasteiger partial charge in [0.15, 0.2) is 5.96 Å². The highest BCUT2D eigenvalue weighted by molar-refractivity contribution is 14.0. The van der Waals surface area contributed by atoms with Crippen molar-refractivity contribution in [1.29, 1.82) is 0 Å². The average Bonchev–Trinajstić information content (AvgIpc) is 2.70. The molecule has 0 spiro atoms. The third kappa shape index (κ3) is 5.80. The number of guanidine groups is 1. The molecule has 2 N–H and O–H groups in total. The van der Waals surface area contributed by atoms with Gasteiger partial charge in [-0.15, -0.1) is 24.0 Å². The minimum absolute atomic E-state index is 0. The number of aliphatic imine (C=N–C) groups is 1. The van der Waals surface area contributed by atoms with Crippen molar-refractivity contribution in [1.82, 2.24) is 15.6 Å². The molecular weight excluding hydrogens is 487 g/mol. The Balaban J connectivity index is 0.00000280. The number of fused-ring (bicyclic) bond motifs is 1. The van der Waals surface area contributed by atoms with Gasteiger partial charge in [0, 0.05) is 43.9 Å². The van der Waals surface area contributed by atoms with Gasteiger partial charge in [0.25, 0.3) is 0 Å². The minimum Gasteiger partial charge on any atom is -0.375 e. The van der Waals surface area contributed by atoms with Gasteiger partial charge in [-0.3, -0.25) is 9.98 Å². The Morgan fingerprint density at radius 3 is 2.71 bits per heavy atom. The van der Waals surface area contributed by atoms with Crippen molar-refractivity contribution in [3.05, 3.63) is 76.9 Å². The van der Waals surface area contributed by atoms with Crippen molar-refractivity contribution >= 4 is 52.4 Å². The van der Waals surface area contributed by atoms with E-state index in [1.54, 1.807) is 14.2 Å². The van der Waals surface area contributed by atoms with Crippen LogP contribution in [-0.4, -0.2) is 31.6 Å². The van der Waals surface area contributed by atoms with Crippen molar-refractivity contribution in [2.24, 2.45) is 4.99 Å². The predicted molar refractivity (Wildman–Crippen MR) is 127 cm³/mol. The number of aromatic nitrogens is 1. The van der Waals surface area contributed by atoms with Gasteiger partial charge in [-0.25, -0.2) is 0 Å². The molecule has 0 radical (unpaired) electrons. The van der Waals surface area contributed by atoms with Gasteiger partial charge in [0.2, 0.25) is 0 Å². The molecule has 2 aromatic carbocycles. The highest BCUT2D eigenvalue weighted by Crippen LogP contribution is 2.20. The van der Waals surface area contributed by atoms with Crippen molar-refractivity contribution in [3.8, 4) is 0 Å². The molecule has 3 aromatic rings. The van der Waals surface area contributed by atoms with Crippen LogP contribution in [0.25, 0.3) is 10.9 Å². The topological polar surface area (TPSA) is 58.5 Å². The van der Waals surface area contributed by atoms with Gasteiger partial charge in [-0.1, -0.05) is 41.9 Å². The zero-order chi connectivity index (χ0) is 19.1. The molecule has 1 aromatic heterocycles. The Bertz CT molecular complexity index is 930. The molecule has 28 heavy (non-hydrogen) atoms. The van der Waals surface area contributed by atoms with Crippen LogP contribution in [0.1, 0.15) is 17.2 Å². The van der Waals surface area contributed by atoms with E-state index < -0.39 is 0 Å². The molecule has 0 fully saturated rings. The summed E-state index contributed by atoms with van der Waals surface area (Å²) in [5.74, 6) is 0.708. The zero-order valence-corrected chi connectivity index (χ0v) is 18.9. The van der Waals surface area contributed by atoms with E-state index in [0.29, 0.717) is 24.1 Å². The molecule has 0 aliphatic rings. The fraction of sp³-hybridized carbons (Fsp3) is 0.238. The van der Waals surface area contributed by atoms with Crippen molar-refractivity contribution in [2.75, 3.05) is 20.7 Å². The van der Waals surface area contributed by atoms with Gasteiger partial charge in [0.05, 0.1) is 11.6 Å². The molecule has 1 atom stereocenters. The predicted octanol–water partition coefficient (Wildman–Crippen LogP) is 4.56.